The van der Waals surface area contributed by atoms with Gasteiger partial charge in [-0.25, -0.2) is 18.6 Å². The third-order valence-corrected chi connectivity index (χ3v) is 4.47. The second kappa shape index (κ2) is 7.19. The van der Waals surface area contributed by atoms with E-state index in [9.17, 15) is 18.5 Å². The summed E-state index contributed by atoms with van der Waals surface area (Å²) in [4.78, 5) is 12.3. The number of primary sulfonamides is 1. The number of nitrogens with two attached hydrogens (primary N) is 1. The average Bonchev–Trinajstić information content (AvgIpc) is 2.48. The number of aliphatic hydroxyl groups excluding tert-OH is 1. The van der Waals surface area contributed by atoms with Crippen LogP contribution in [-0.4, -0.2) is 67.7 Å². The lowest BCUT2D eigenvalue weighted by molar-refractivity contribution is -0.384. The Morgan fingerprint density at radius 3 is 2.48 bits per heavy atom. The van der Waals surface area contributed by atoms with Gasteiger partial charge in [-0.3, -0.25) is 15.0 Å². The van der Waals surface area contributed by atoms with Crippen molar-refractivity contribution in [3.63, 3.8) is 0 Å². The van der Waals surface area contributed by atoms with Gasteiger partial charge in [0.1, 0.15) is 5.69 Å². The number of benzene rings is 1. The summed E-state index contributed by atoms with van der Waals surface area (Å²) in [6, 6.07) is 3.50. The van der Waals surface area contributed by atoms with Crippen LogP contribution in [0, 0.1) is 10.1 Å². The summed E-state index contributed by atoms with van der Waals surface area (Å²) in [5.74, 6) is 0. The third-order valence-electron chi connectivity index (χ3n) is 3.56. The first-order valence-electron chi connectivity index (χ1n) is 6.97. The molecule has 23 heavy (non-hydrogen) atoms. The molecule has 0 aliphatic carbocycles. The topological polar surface area (TPSA) is 142 Å². The van der Waals surface area contributed by atoms with Crippen molar-refractivity contribution in [2.45, 2.75) is 4.90 Å². The minimum absolute atomic E-state index is 0.0912. The van der Waals surface area contributed by atoms with Crippen LogP contribution in [0.15, 0.2) is 23.1 Å². The summed E-state index contributed by atoms with van der Waals surface area (Å²) in [7, 11) is -4.00. The Morgan fingerprint density at radius 2 is 1.96 bits per heavy atom. The van der Waals surface area contributed by atoms with Crippen molar-refractivity contribution < 1.29 is 18.4 Å². The number of hydrogen-bond acceptors (Lipinski definition) is 8. The Morgan fingerprint density at radius 1 is 1.30 bits per heavy atom. The normalized spacial score (nSPS) is 17.1. The molecule has 10 nitrogen and oxygen atoms in total. The molecule has 1 aromatic rings. The number of nitro benzene ring substituents is 1. The molecule has 0 atom stereocenters. The molecule has 0 saturated carbocycles. The van der Waals surface area contributed by atoms with Crippen LogP contribution in [0.25, 0.3) is 0 Å². The maximum atomic E-state index is 11.3. The maximum Gasteiger partial charge on any atom is 0.295 e. The molecule has 11 heteroatoms. The van der Waals surface area contributed by atoms with E-state index in [2.05, 4.69) is 10.3 Å². The number of rotatable bonds is 6. The van der Waals surface area contributed by atoms with E-state index >= 15 is 0 Å². The smallest absolute Gasteiger partial charge is 0.295 e. The predicted octanol–water partition coefficient (Wildman–Crippen LogP) is -0.821. The number of hydrogen-bond donors (Lipinski definition) is 3. The first-order valence-corrected chi connectivity index (χ1v) is 8.52. The molecule has 0 amide bonds. The van der Waals surface area contributed by atoms with E-state index in [0.29, 0.717) is 19.6 Å². The quantitative estimate of drug-likeness (QED) is 0.448. The van der Waals surface area contributed by atoms with E-state index in [0.717, 1.165) is 19.2 Å². The van der Waals surface area contributed by atoms with Crippen LogP contribution < -0.4 is 10.6 Å². The Bertz CT molecular complexity index is 672. The van der Waals surface area contributed by atoms with Gasteiger partial charge in [-0.2, -0.15) is 0 Å². The van der Waals surface area contributed by atoms with Crippen LogP contribution in [0.3, 0.4) is 0 Å². The molecule has 0 unspecified atom stereocenters. The van der Waals surface area contributed by atoms with Gasteiger partial charge >= 0.3 is 0 Å². The standard InChI is InChI=1S/C12H19N5O5S/c13-23(21,22)10-1-2-11(12(9-10)17(19)20)14-16-5-3-15(4-6-16)7-8-18/h1-2,9,14,18H,3-8H2,(H2,13,21,22). The number of hydrazine groups is 1. The lowest BCUT2D eigenvalue weighted by Crippen LogP contribution is -2.49. The number of nitrogens with zero attached hydrogens (tertiary/aromatic N) is 3. The minimum atomic E-state index is -4.00. The number of nitrogens with one attached hydrogen (secondary N) is 1. The highest BCUT2D eigenvalue weighted by molar-refractivity contribution is 7.89. The van der Waals surface area contributed by atoms with E-state index in [4.69, 9.17) is 10.2 Å². The van der Waals surface area contributed by atoms with Gasteiger partial charge in [-0.15, -0.1) is 0 Å². The van der Waals surface area contributed by atoms with Crippen molar-refractivity contribution in [2.75, 3.05) is 44.8 Å². The monoisotopic (exact) mass is 345 g/mol. The molecule has 0 radical (unpaired) electrons. The van der Waals surface area contributed by atoms with Crippen molar-refractivity contribution in [3.8, 4) is 0 Å². The average molecular weight is 345 g/mol. The van der Waals surface area contributed by atoms with Crippen molar-refractivity contribution in [3.05, 3.63) is 28.3 Å². The molecule has 0 bridgehead atoms. The van der Waals surface area contributed by atoms with Crippen LogP contribution in [0.4, 0.5) is 11.4 Å². The van der Waals surface area contributed by atoms with E-state index < -0.39 is 14.9 Å². The fourth-order valence-corrected chi connectivity index (χ4v) is 2.86. The second-order valence-corrected chi connectivity index (χ2v) is 6.71. The SMILES string of the molecule is NS(=O)(=O)c1ccc(NN2CCN(CCO)CC2)c([N+](=O)[O-])c1. The lowest BCUT2D eigenvalue weighted by Gasteiger charge is -2.34. The molecule has 1 aromatic carbocycles. The molecule has 1 aliphatic heterocycles. The van der Waals surface area contributed by atoms with E-state index in [1.165, 1.54) is 12.1 Å². The minimum Gasteiger partial charge on any atom is -0.395 e. The molecule has 1 aliphatic rings. The van der Waals surface area contributed by atoms with Gasteiger partial charge in [0, 0.05) is 38.8 Å². The van der Waals surface area contributed by atoms with Gasteiger partial charge < -0.3 is 10.5 Å². The van der Waals surface area contributed by atoms with E-state index in [1.807, 2.05) is 5.01 Å². The summed E-state index contributed by atoms with van der Waals surface area (Å²) in [5.41, 5.74) is 2.79. The number of anilines is 1. The Labute approximate surface area is 133 Å². The first-order chi connectivity index (χ1) is 10.8. The number of piperazine rings is 1. The van der Waals surface area contributed by atoms with Crippen LogP contribution in [-0.2, 0) is 10.0 Å². The van der Waals surface area contributed by atoms with Gasteiger partial charge in [-0.05, 0) is 12.1 Å². The van der Waals surface area contributed by atoms with Gasteiger partial charge in [0.25, 0.3) is 5.69 Å². The molecular formula is C12H19N5O5S. The summed E-state index contributed by atoms with van der Waals surface area (Å²) in [5, 5.41) is 26.9. The van der Waals surface area contributed by atoms with Crippen molar-refractivity contribution in [1.29, 1.82) is 0 Å². The summed E-state index contributed by atoms with van der Waals surface area (Å²) >= 11 is 0. The van der Waals surface area contributed by atoms with Crippen molar-refractivity contribution in [1.82, 2.24) is 9.91 Å². The summed E-state index contributed by atoms with van der Waals surface area (Å²) in [6.07, 6.45) is 0. The fourth-order valence-electron chi connectivity index (χ4n) is 2.33. The zero-order chi connectivity index (χ0) is 17.0. The Hall–Kier alpha value is -1.79. The van der Waals surface area contributed by atoms with Crippen molar-refractivity contribution in [2.24, 2.45) is 5.14 Å². The number of nitro groups is 1. The molecule has 0 spiro atoms. The van der Waals surface area contributed by atoms with Crippen LogP contribution in [0.5, 0.6) is 0 Å². The molecule has 1 heterocycles. The van der Waals surface area contributed by atoms with E-state index in [-0.39, 0.29) is 22.9 Å². The number of aliphatic hydroxyl groups is 1. The highest BCUT2D eigenvalue weighted by Gasteiger charge is 2.22. The molecule has 128 valence electrons. The van der Waals surface area contributed by atoms with E-state index in [1.54, 1.807) is 0 Å². The lowest BCUT2D eigenvalue weighted by atomic mass is 10.2. The van der Waals surface area contributed by atoms with Gasteiger partial charge in [-0.1, -0.05) is 0 Å². The van der Waals surface area contributed by atoms with Gasteiger partial charge in [0.2, 0.25) is 10.0 Å². The third kappa shape index (κ3) is 4.59. The highest BCUT2D eigenvalue weighted by atomic mass is 32.2. The zero-order valence-corrected chi connectivity index (χ0v) is 13.2. The predicted molar refractivity (Wildman–Crippen MR) is 83.2 cm³/mol. The molecule has 1 saturated heterocycles. The number of β-amino-alcohol motifs (C(OH)–C–C–N with tert-alkyl or cyclic N) is 1. The fraction of sp³-hybridized carbons (Fsp3) is 0.500. The summed E-state index contributed by atoms with van der Waals surface area (Å²) < 4.78 is 22.6. The second-order valence-electron chi connectivity index (χ2n) is 5.15. The molecule has 4 N–H and O–H groups in total. The van der Waals surface area contributed by atoms with Crippen molar-refractivity contribution >= 4 is 21.4 Å². The van der Waals surface area contributed by atoms with Crippen LogP contribution in [0.2, 0.25) is 0 Å². The van der Waals surface area contributed by atoms with Crippen LogP contribution in [0.1, 0.15) is 0 Å². The zero-order valence-electron chi connectivity index (χ0n) is 12.4. The Balaban J connectivity index is 2.13. The highest BCUT2D eigenvalue weighted by Crippen LogP contribution is 2.27. The molecule has 0 aromatic heterocycles. The van der Waals surface area contributed by atoms with Gasteiger partial charge in [0.05, 0.1) is 16.4 Å². The molecule has 2 rings (SSSR count). The maximum absolute atomic E-state index is 11.3. The van der Waals surface area contributed by atoms with Gasteiger partial charge in [0.15, 0.2) is 0 Å². The molecule has 1 fully saturated rings. The molecular weight excluding hydrogens is 326 g/mol. The summed E-state index contributed by atoms with van der Waals surface area (Å²) in [6.45, 7) is 3.36. The number of sulfonamides is 1. The Kier molecular flexibility index (Phi) is 5.49. The van der Waals surface area contributed by atoms with Crippen LogP contribution >= 0.6 is 0 Å². The largest absolute Gasteiger partial charge is 0.395 e. The first kappa shape index (κ1) is 17.6.